The average Bonchev–Trinajstić information content (AvgIpc) is 2.39. The van der Waals surface area contributed by atoms with Crippen LogP contribution in [0.3, 0.4) is 0 Å². The number of hydrogen-bond acceptors (Lipinski definition) is 1. The molecule has 6 heteroatoms. The largest absolute Gasteiger partial charge is 0.458 e. The molecule has 1 saturated heterocycles. The van der Waals surface area contributed by atoms with Crippen molar-refractivity contribution >= 4 is 5.69 Å². The molecule has 1 heterocycles. The Morgan fingerprint density at radius 3 is 1.79 bits per heavy atom. The van der Waals surface area contributed by atoms with Gasteiger partial charge in [-0.1, -0.05) is 12.1 Å². The summed E-state index contributed by atoms with van der Waals surface area (Å²) in [6.07, 6.45) is -2.40. The van der Waals surface area contributed by atoms with E-state index in [9.17, 15) is 22.0 Å². The van der Waals surface area contributed by atoms with Crippen LogP contribution in [0.15, 0.2) is 24.3 Å². The molecule has 1 aliphatic heterocycles. The summed E-state index contributed by atoms with van der Waals surface area (Å²) in [5.74, 6) is -4.80. The Morgan fingerprint density at radius 2 is 1.32 bits per heavy atom. The Balaban J connectivity index is 2.18. The highest BCUT2D eigenvalue weighted by atomic mass is 19.4. The maximum Gasteiger partial charge on any atom is 0.458 e. The lowest BCUT2D eigenvalue weighted by molar-refractivity contribution is -0.289. The van der Waals surface area contributed by atoms with Crippen LogP contribution >= 0.6 is 0 Å². The van der Waals surface area contributed by atoms with Gasteiger partial charge in [-0.25, -0.2) is 0 Å². The number of nitrogens with zero attached hydrogens (tertiary/aromatic N) is 1. The van der Waals surface area contributed by atoms with Crippen LogP contribution < -0.4 is 4.90 Å². The maximum atomic E-state index is 13.1. The molecule has 1 aromatic rings. The minimum absolute atomic E-state index is 0.696. The van der Waals surface area contributed by atoms with E-state index in [4.69, 9.17) is 0 Å². The summed E-state index contributed by atoms with van der Waals surface area (Å²) in [5, 5.41) is 0. The zero-order valence-corrected chi connectivity index (χ0v) is 10.2. The lowest BCUT2D eigenvalue weighted by Crippen LogP contribution is -2.34. The summed E-state index contributed by atoms with van der Waals surface area (Å²) in [7, 11) is 0. The molecule has 0 aliphatic carbocycles. The van der Waals surface area contributed by atoms with Crippen LogP contribution in [0.1, 0.15) is 24.8 Å². The molecule has 19 heavy (non-hydrogen) atoms. The van der Waals surface area contributed by atoms with Crippen LogP contribution in [0.25, 0.3) is 0 Å². The number of rotatable bonds is 2. The Bertz CT molecular complexity index is 418. The van der Waals surface area contributed by atoms with Gasteiger partial charge < -0.3 is 4.90 Å². The predicted octanol–water partition coefficient (Wildman–Crippen LogP) is 4.33. The van der Waals surface area contributed by atoms with E-state index in [1.165, 1.54) is 12.1 Å². The molecule has 1 fully saturated rings. The summed E-state index contributed by atoms with van der Waals surface area (Å²) in [4.78, 5) is 2.00. The van der Waals surface area contributed by atoms with Gasteiger partial charge in [0.25, 0.3) is 0 Å². The van der Waals surface area contributed by atoms with Gasteiger partial charge in [-0.05, 0) is 31.4 Å². The third-order valence-corrected chi connectivity index (χ3v) is 3.31. The summed E-state index contributed by atoms with van der Waals surface area (Å²) in [5.41, 5.74) is -0.317. The summed E-state index contributed by atoms with van der Waals surface area (Å²) in [6.45, 7) is 1.63. The lowest BCUT2D eigenvalue weighted by Gasteiger charge is -2.29. The smallest absolute Gasteiger partial charge is 0.372 e. The van der Waals surface area contributed by atoms with Crippen LogP contribution in [-0.4, -0.2) is 19.3 Å². The normalized spacial score (nSPS) is 17.6. The van der Waals surface area contributed by atoms with E-state index >= 15 is 0 Å². The first kappa shape index (κ1) is 14.1. The number of hydrogen-bond donors (Lipinski definition) is 0. The van der Waals surface area contributed by atoms with Gasteiger partial charge in [0.05, 0.1) is 0 Å². The molecular weight excluding hydrogens is 265 g/mol. The van der Waals surface area contributed by atoms with Crippen LogP contribution in [0.4, 0.5) is 27.6 Å². The fourth-order valence-electron chi connectivity index (χ4n) is 2.20. The average molecular weight is 279 g/mol. The Labute approximate surface area is 108 Å². The van der Waals surface area contributed by atoms with Crippen molar-refractivity contribution in [2.45, 2.75) is 31.4 Å². The van der Waals surface area contributed by atoms with Crippen molar-refractivity contribution in [1.29, 1.82) is 0 Å². The molecule has 0 spiro atoms. The van der Waals surface area contributed by atoms with Gasteiger partial charge in [0.2, 0.25) is 0 Å². The fourth-order valence-corrected chi connectivity index (χ4v) is 2.20. The van der Waals surface area contributed by atoms with Crippen LogP contribution in [0.2, 0.25) is 0 Å². The van der Waals surface area contributed by atoms with Gasteiger partial charge in [0.15, 0.2) is 0 Å². The van der Waals surface area contributed by atoms with Gasteiger partial charge in [-0.15, -0.1) is 0 Å². The van der Waals surface area contributed by atoms with Crippen molar-refractivity contribution in [3.63, 3.8) is 0 Å². The van der Waals surface area contributed by atoms with Gasteiger partial charge in [-0.3, -0.25) is 0 Å². The first-order valence-electron chi connectivity index (χ1n) is 6.12. The summed E-state index contributed by atoms with van der Waals surface area (Å²) < 4.78 is 62.8. The van der Waals surface area contributed by atoms with Crippen molar-refractivity contribution in [2.24, 2.45) is 0 Å². The van der Waals surface area contributed by atoms with Crippen LogP contribution in [0.5, 0.6) is 0 Å². The van der Waals surface area contributed by atoms with Gasteiger partial charge in [-0.2, -0.15) is 22.0 Å². The maximum absolute atomic E-state index is 13.1. The standard InChI is InChI=1S/C13H14F5N/c14-12(15,13(16,17)18)10-4-6-11(7-5-10)19-8-2-1-3-9-19/h4-7H,1-3,8-9H2. The van der Waals surface area contributed by atoms with Gasteiger partial charge in [0, 0.05) is 24.3 Å². The van der Waals surface area contributed by atoms with E-state index in [2.05, 4.69) is 0 Å². The molecule has 0 bridgehead atoms. The molecule has 1 aliphatic rings. The number of halogens is 5. The molecule has 0 saturated carbocycles. The van der Waals surface area contributed by atoms with E-state index < -0.39 is 17.7 Å². The van der Waals surface area contributed by atoms with Crippen molar-refractivity contribution in [1.82, 2.24) is 0 Å². The first-order valence-corrected chi connectivity index (χ1v) is 6.12. The molecule has 2 rings (SSSR count). The molecule has 0 unspecified atom stereocenters. The van der Waals surface area contributed by atoms with Crippen molar-refractivity contribution in [3.8, 4) is 0 Å². The number of benzene rings is 1. The highest BCUT2D eigenvalue weighted by molar-refractivity contribution is 5.48. The van der Waals surface area contributed by atoms with E-state index in [1.807, 2.05) is 4.90 Å². The third kappa shape index (κ3) is 2.82. The topological polar surface area (TPSA) is 3.24 Å². The Kier molecular flexibility index (Phi) is 3.69. The summed E-state index contributed by atoms with van der Waals surface area (Å²) >= 11 is 0. The predicted molar refractivity (Wildman–Crippen MR) is 62.5 cm³/mol. The molecule has 106 valence electrons. The van der Waals surface area contributed by atoms with E-state index in [1.54, 1.807) is 0 Å². The lowest BCUT2D eigenvalue weighted by atomic mass is 10.1. The monoisotopic (exact) mass is 279 g/mol. The number of alkyl halides is 5. The summed E-state index contributed by atoms with van der Waals surface area (Å²) in [6, 6.07) is 4.38. The molecule has 0 radical (unpaired) electrons. The SMILES string of the molecule is FC(F)(F)C(F)(F)c1ccc(N2CCCCC2)cc1. The molecule has 1 nitrogen and oxygen atoms in total. The van der Waals surface area contributed by atoms with Crippen molar-refractivity contribution in [2.75, 3.05) is 18.0 Å². The minimum Gasteiger partial charge on any atom is -0.372 e. The fraction of sp³-hybridized carbons (Fsp3) is 0.538. The van der Waals surface area contributed by atoms with E-state index in [-0.39, 0.29) is 0 Å². The molecule has 0 atom stereocenters. The first-order chi connectivity index (χ1) is 8.82. The van der Waals surface area contributed by atoms with Crippen molar-refractivity contribution < 1.29 is 22.0 Å². The second-order valence-electron chi connectivity index (χ2n) is 4.67. The van der Waals surface area contributed by atoms with Gasteiger partial charge >= 0.3 is 12.1 Å². The zero-order valence-electron chi connectivity index (χ0n) is 10.2. The second kappa shape index (κ2) is 4.98. The minimum atomic E-state index is -5.56. The zero-order chi connectivity index (χ0) is 14.1. The molecule has 1 aromatic carbocycles. The molecule has 0 N–H and O–H groups in total. The number of anilines is 1. The van der Waals surface area contributed by atoms with E-state index in [0.717, 1.165) is 44.5 Å². The number of piperidine rings is 1. The molecule has 0 aromatic heterocycles. The van der Waals surface area contributed by atoms with Crippen molar-refractivity contribution in [3.05, 3.63) is 29.8 Å². The van der Waals surface area contributed by atoms with Gasteiger partial charge in [0.1, 0.15) is 0 Å². The molecule has 0 amide bonds. The Hall–Kier alpha value is -1.33. The quantitative estimate of drug-likeness (QED) is 0.728. The highest BCUT2D eigenvalue weighted by Crippen LogP contribution is 2.44. The third-order valence-electron chi connectivity index (χ3n) is 3.31. The van der Waals surface area contributed by atoms with E-state index in [0.29, 0.717) is 5.69 Å². The van der Waals surface area contributed by atoms with Crippen LogP contribution in [-0.2, 0) is 5.92 Å². The Morgan fingerprint density at radius 1 is 0.789 bits per heavy atom. The second-order valence-corrected chi connectivity index (χ2v) is 4.67. The molecular formula is C13H14F5N. The van der Waals surface area contributed by atoms with Crippen LogP contribution in [0, 0.1) is 0 Å². The highest BCUT2D eigenvalue weighted by Gasteiger charge is 2.58.